The third-order valence-electron chi connectivity index (χ3n) is 4.91. The van der Waals surface area contributed by atoms with Gasteiger partial charge in [-0.25, -0.2) is 0 Å². The van der Waals surface area contributed by atoms with Gasteiger partial charge in [-0.3, -0.25) is 9.78 Å². The van der Waals surface area contributed by atoms with E-state index in [0.29, 0.717) is 13.0 Å². The molecule has 0 aliphatic heterocycles. The zero-order valence-corrected chi connectivity index (χ0v) is 17.2. The first-order chi connectivity index (χ1) is 13.3. The second-order valence-electron chi connectivity index (χ2n) is 7.45. The van der Waals surface area contributed by atoms with Crippen LogP contribution >= 0.6 is 0 Å². The fraction of sp³-hybridized carbons (Fsp3) is 0.667. The van der Waals surface area contributed by atoms with Crippen LogP contribution in [0.3, 0.4) is 0 Å². The van der Waals surface area contributed by atoms with Gasteiger partial charge in [-0.15, -0.1) is 6.58 Å². The Bertz CT molecular complexity index is 473. The molecule has 0 radical (unpaired) electrons. The van der Waals surface area contributed by atoms with Crippen LogP contribution in [0.1, 0.15) is 102 Å². The second-order valence-corrected chi connectivity index (χ2v) is 7.45. The number of rotatable bonds is 18. The van der Waals surface area contributed by atoms with E-state index in [1.54, 1.807) is 12.4 Å². The van der Waals surface area contributed by atoms with E-state index in [2.05, 4.69) is 11.6 Å². The number of carbonyl (C=O) groups is 1. The first kappa shape index (κ1) is 23.4. The Morgan fingerprint density at radius 3 is 1.96 bits per heavy atom. The first-order valence-corrected chi connectivity index (χ1v) is 11.0. The summed E-state index contributed by atoms with van der Waals surface area (Å²) in [4.78, 5) is 15.7. The van der Waals surface area contributed by atoms with Crippen molar-refractivity contribution in [3.8, 4) is 0 Å². The van der Waals surface area contributed by atoms with Gasteiger partial charge in [0.05, 0.1) is 0 Å². The number of hydrogen-bond acceptors (Lipinski definition) is 3. The summed E-state index contributed by atoms with van der Waals surface area (Å²) < 4.78 is 5.26. The largest absolute Gasteiger partial charge is 0.461 e. The smallest absolute Gasteiger partial charge is 0.306 e. The summed E-state index contributed by atoms with van der Waals surface area (Å²) in [6, 6.07) is 3.78. The molecule has 0 atom stereocenters. The molecule has 0 spiro atoms. The summed E-state index contributed by atoms with van der Waals surface area (Å²) >= 11 is 0. The lowest BCUT2D eigenvalue weighted by Gasteiger charge is -2.05. The van der Waals surface area contributed by atoms with E-state index in [-0.39, 0.29) is 5.97 Å². The van der Waals surface area contributed by atoms with Crippen molar-refractivity contribution in [2.75, 3.05) is 0 Å². The Morgan fingerprint density at radius 1 is 0.889 bits per heavy atom. The van der Waals surface area contributed by atoms with Gasteiger partial charge >= 0.3 is 5.97 Å². The van der Waals surface area contributed by atoms with E-state index in [9.17, 15) is 4.79 Å². The summed E-state index contributed by atoms with van der Waals surface area (Å²) in [7, 11) is 0. The highest BCUT2D eigenvalue weighted by molar-refractivity contribution is 5.69. The van der Waals surface area contributed by atoms with Crippen LogP contribution in [-0.4, -0.2) is 11.0 Å². The number of allylic oxidation sites excluding steroid dienone is 1. The summed E-state index contributed by atoms with van der Waals surface area (Å²) in [6.45, 7) is 4.10. The van der Waals surface area contributed by atoms with Crippen LogP contribution in [0, 0.1) is 0 Å². The Labute approximate surface area is 166 Å². The van der Waals surface area contributed by atoms with Gasteiger partial charge in [0.25, 0.3) is 0 Å². The maximum Gasteiger partial charge on any atom is 0.306 e. The normalized spacial score (nSPS) is 10.7. The Kier molecular flexibility index (Phi) is 15.4. The molecule has 1 rings (SSSR count). The zero-order chi connectivity index (χ0) is 19.4. The molecule has 0 saturated heterocycles. The monoisotopic (exact) mass is 373 g/mol. The number of pyridine rings is 1. The molecule has 0 fully saturated rings. The third kappa shape index (κ3) is 15.1. The number of ether oxygens (including phenoxy) is 1. The Balaban J connectivity index is 1.77. The molecule has 1 aromatic rings. The van der Waals surface area contributed by atoms with Crippen molar-refractivity contribution in [1.29, 1.82) is 0 Å². The number of nitrogens with zero attached hydrogens (tertiary/aromatic N) is 1. The predicted molar refractivity (Wildman–Crippen MR) is 113 cm³/mol. The number of carbonyl (C=O) groups excluding carboxylic acids is 1. The highest BCUT2D eigenvalue weighted by Gasteiger charge is 2.03. The molecule has 0 amide bonds. The number of aromatic nitrogens is 1. The van der Waals surface area contributed by atoms with Gasteiger partial charge in [-0.2, -0.15) is 0 Å². The summed E-state index contributed by atoms with van der Waals surface area (Å²) in [6.07, 6.45) is 24.1. The third-order valence-corrected chi connectivity index (χ3v) is 4.91. The van der Waals surface area contributed by atoms with Gasteiger partial charge in [0.2, 0.25) is 0 Å². The van der Waals surface area contributed by atoms with Gasteiger partial charge < -0.3 is 4.74 Å². The van der Waals surface area contributed by atoms with Gasteiger partial charge in [0.15, 0.2) is 0 Å². The standard InChI is InChI=1S/C24H39NO2/c1-2-3-4-5-6-7-8-9-10-11-12-13-14-15-16-19-24(26)27-22-23-18-17-20-25-21-23/h2,17-18,20-21H,1,3-16,19,22H2. The highest BCUT2D eigenvalue weighted by atomic mass is 16.5. The minimum absolute atomic E-state index is 0.0941. The molecule has 0 N–H and O–H groups in total. The molecule has 0 aromatic carbocycles. The van der Waals surface area contributed by atoms with Crippen LogP contribution in [0.4, 0.5) is 0 Å². The minimum atomic E-state index is -0.0941. The summed E-state index contributed by atoms with van der Waals surface area (Å²) in [5.74, 6) is -0.0941. The predicted octanol–water partition coefficient (Wildman–Crippen LogP) is 7.16. The molecule has 1 aromatic heterocycles. The fourth-order valence-corrected chi connectivity index (χ4v) is 3.22. The molecular weight excluding hydrogens is 334 g/mol. The average molecular weight is 374 g/mol. The van der Waals surface area contributed by atoms with Gasteiger partial charge in [0, 0.05) is 24.4 Å². The van der Waals surface area contributed by atoms with Crippen molar-refractivity contribution >= 4 is 5.97 Å². The molecule has 0 bridgehead atoms. The minimum Gasteiger partial charge on any atom is -0.461 e. The quantitative estimate of drug-likeness (QED) is 0.156. The molecule has 27 heavy (non-hydrogen) atoms. The molecule has 0 aliphatic carbocycles. The molecule has 0 unspecified atom stereocenters. The highest BCUT2D eigenvalue weighted by Crippen LogP contribution is 2.13. The average Bonchev–Trinajstić information content (AvgIpc) is 2.70. The zero-order valence-electron chi connectivity index (χ0n) is 17.2. The van der Waals surface area contributed by atoms with Crippen molar-refractivity contribution in [3.63, 3.8) is 0 Å². The van der Waals surface area contributed by atoms with Crippen LogP contribution < -0.4 is 0 Å². The van der Waals surface area contributed by atoms with Crippen LogP contribution in [-0.2, 0) is 16.1 Å². The molecule has 0 saturated carbocycles. The maximum absolute atomic E-state index is 11.7. The van der Waals surface area contributed by atoms with E-state index < -0.39 is 0 Å². The summed E-state index contributed by atoms with van der Waals surface area (Å²) in [5, 5.41) is 0. The van der Waals surface area contributed by atoms with E-state index in [4.69, 9.17) is 4.74 Å². The van der Waals surface area contributed by atoms with Crippen LogP contribution in [0.15, 0.2) is 37.2 Å². The number of esters is 1. The second kappa shape index (κ2) is 17.8. The molecule has 3 nitrogen and oxygen atoms in total. The maximum atomic E-state index is 11.7. The first-order valence-electron chi connectivity index (χ1n) is 11.0. The van der Waals surface area contributed by atoms with Crippen molar-refractivity contribution in [3.05, 3.63) is 42.7 Å². The summed E-state index contributed by atoms with van der Waals surface area (Å²) in [5.41, 5.74) is 0.943. The SMILES string of the molecule is C=CCCCCCCCCCCCCCCCC(=O)OCc1cccnc1. The van der Waals surface area contributed by atoms with E-state index in [0.717, 1.165) is 18.4 Å². The van der Waals surface area contributed by atoms with Crippen molar-refractivity contribution in [2.45, 2.75) is 103 Å². The van der Waals surface area contributed by atoms with Gasteiger partial charge in [0.1, 0.15) is 6.61 Å². The number of unbranched alkanes of at least 4 members (excludes halogenated alkanes) is 13. The van der Waals surface area contributed by atoms with E-state index in [1.807, 2.05) is 18.2 Å². The molecule has 1 heterocycles. The number of hydrogen-bond donors (Lipinski definition) is 0. The van der Waals surface area contributed by atoms with Gasteiger partial charge in [-0.1, -0.05) is 82.8 Å². The van der Waals surface area contributed by atoms with Crippen LogP contribution in [0.2, 0.25) is 0 Å². The fourth-order valence-electron chi connectivity index (χ4n) is 3.22. The Morgan fingerprint density at radius 2 is 1.44 bits per heavy atom. The lowest BCUT2D eigenvalue weighted by atomic mass is 10.0. The van der Waals surface area contributed by atoms with Crippen molar-refractivity contribution in [1.82, 2.24) is 4.98 Å². The van der Waals surface area contributed by atoms with E-state index in [1.165, 1.54) is 77.0 Å². The van der Waals surface area contributed by atoms with Crippen LogP contribution in [0.5, 0.6) is 0 Å². The van der Waals surface area contributed by atoms with E-state index >= 15 is 0 Å². The molecule has 3 heteroatoms. The molecular formula is C24H39NO2. The Hall–Kier alpha value is -1.64. The molecule has 0 aliphatic rings. The topological polar surface area (TPSA) is 39.2 Å². The van der Waals surface area contributed by atoms with Crippen molar-refractivity contribution in [2.24, 2.45) is 0 Å². The lowest BCUT2D eigenvalue weighted by molar-refractivity contribution is -0.145. The van der Waals surface area contributed by atoms with Crippen LogP contribution in [0.25, 0.3) is 0 Å². The lowest BCUT2D eigenvalue weighted by Crippen LogP contribution is -2.04. The van der Waals surface area contributed by atoms with Gasteiger partial charge in [-0.05, 0) is 25.3 Å². The molecule has 152 valence electrons. The van der Waals surface area contributed by atoms with Crippen molar-refractivity contribution < 1.29 is 9.53 Å².